The molecule has 0 bridgehead atoms. The van der Waals surface area contributed by atoms with E-state index in [1.165, 1.54) is 16.8 Å². The number of benzene rings is 2. The van der Waals surface area contributed by atoms with Gasteiger partial charge in [-0.25, -0.2) is 4.68 Å². The van der Waals surface area contributed by atoms with Crippen molar-refractivity contribution in [2.45, 2.75) is 6.54 Å². The lowest BCUT2D eigenvalue weighted by atomic mass is 10.2. The highest BCUT2D eigenvalue weighted by atomic mass is 79.9. The Morgan fingerprint density at radius 1 is 1.26 bits per heavy atom. The number of nitro groups is 1. The summed E-state index contributed by atoms with van der Waals surface area (Å²) in [6.45, 7) is 0.284. The Balaban J connectivity index is 1.70. The number of carbonyl (C=O) groups is 1. The molecule has 0 aliphatic heterocycles. The van der Waals surface area contributed by atoms with Crippen LogP contribution in [0, 0.1) is 10.1 Å². The molecule has 2 aromatic carbocycles. The minimum absolute atomic E-state index is 0.00755. The van der Waals surface area contributed by atoms with E-state index in [1.807, 2.05) is 18.2 Å². The second kappa shape index (κ2) is 8.00. The minimum atomic E-state index is -0.470. The molecule has 3 rings (SSSR count). The lowest BCUT2D eigenvalue weighted by Gasteiger charge is -2.09. The molecule has 1 aromatic heterocycles. The summed E-state index contributed by atoms with van der Waals surface area (Å²) in [5, 5.41) is 17.7. The molecule has 8 nitrogen and oxygen atoms in total. The Bertz CT molecular complexity index is 985. The smallest absolute Gasteiger partial charge is 0.272 e. The molecule has 27 heavy (non-hydrogen) atoms. The van der Waals surface area contributed by atoms with Gasteiger partial charge < -0.3 is 10.1 Å². The van der Waals surface area contributed by atoms with Crippen LogP contribution in [-0.2, 0) is 6.54 Å². The quantitative estimate of drug-likeness (QED) is 0.476. The first-order valence-corrected chi connectivity index (χ1v) is 8.68. The molecular weight excluding hydrogens is 416 g/mol. The number of rotatable bonds is 6. The van der Waals surface area contributed by atoms with E-state index in [0.29, 0.717) is 11.4 Å². The molecule has 3 aromatic rings. The maximum atomic E-state index is 12.4. The summed E-state index contributed by atoms with van der Waals surface area (Å²) >= 11 is 3.39. The van der Waals surface area contributed by atoms with Crippen LogP contribution >= 0.6 is 15.9 Å². The van der Waals surface area contributed by atoms with Gasteiger partial charge in [0.25, 0.3) is 11.6 Å². The average molecular weight is 431 g/mol. The van der Waals surface area contributed by atoms with Gasteiger partial charge in [-0.15, -0.1) is 0 Å². The Morgan fingerprint density at radius 2 is 2.00 bits per heavy atom. The van der Waals surface area contributed by atoms with Crippen LogP contribution in [0.15, 0.2) is 59.2 Å². The van der Waals surface area contributed by atoms with Crippen LogP contribution in [0.5, 0.6) is 5.75 Å². The Kier molecular flexibility index (Phi) is 5.51. The maximum absolute atomic E-state index is 12.4. The number of hydrogen-bond donors (Lipinski definition) is 1. The van der Waals surface area contributed by atoms with Gasteiger partial charge >= 0.3 is 0 Å². The molecule has 0 unspecified atom stereocenters. The fraction of sp³-hybridized carbons (Fsp3) is 0.111. The molecule has 1 amide bonds. The number of aromatic nitrogens is 2. The van der Waals surface area contributed by atoms with Gasteiger partial charge in [0.05, 0.1) is 17.7 Å². The molecule has 1 heterocycles. The van der Waals surface area contributed by atoms with Crippen molar-refractivity contribution in [3.63, 3.8) is 0 Å². The highest BCUT2D eigenvalue weighted by Crippen LogP contribution is 2.23. The van der Waals surface area contributed by atoms with Crippen LogP contribution in [0.2, 0.25) is 0 Å². The fourth-order valence-electron chi connectivity index (χ4n) is 2.47. The van der Waals surface area contributed by atoms with E-state index in [0.717, 1.165) is 10.0 Å². The van der Waals surface area contributed by atoms with E-state index in [2.05, 4.69) is 26.3 Å². The van der Waals surface area contributed by atoms with Crippen LogP contribution in [0.1, 0.15) is 16.1 Å². The van der Waals surface area contributed by atoms with Gasteiger partial charge in [-0.05, 0) is 36.4 Å². The van der Waals surface area contributed by atoms with E-state index in [-0.39, 0.29) is 23.8 Å². The summed E-state index contributed by atoms with van der Waals surface area (Å²) < 4.78 is 7.66. The number of methoxy groups -OCH3 is 1. The van der Waals surface area contributed by atoms with E-state index < -0.39 is 4.92 Å². The number of halogens is 1. The summed E-state index contributed by atoms with van der Waals surface area (Å²) in [7, 11) is 1.57. The number of ether oxygens (including phenoxy) is 1. The van der Waals surface area contributed by atoms with E-state index in [9.17, 15) is 14.9 Å². The zero-order chi connectivity index (χ0) is 19.4. The molecule has 0 atom stereocenters. The van der Waals surface area contributed by atoms with Crippen molar-refractivity contribution in [1.82, 2.24) is 15.1 Å². The first kappa shape index (κ1) is 18.6. The SMILES string of the molecule is COc1ccc(Br)cc1CNC(=O)c1ccn(-c2ccc([N+](=O)[O-])cc2)n1. The molecule has 9 heteroatoms. The summed E-state index contributed by atoms with van der Waals surface area (Å²) in [5.74, 6) is 0.340. The Morgan fingerprint density at radius 3 is 2.67 bits per heavy atom. The van der Waals surface area contributed by atoms with Crippen LogP contribution < -0.4 is 10.1 Å². The first-order chi connectivity index (χ1) is 13.0. The van der Waals surface area contributed by atoms with Crippen LogP contribution in [0.4, 0.5) is 5.69 Å². The normalized spacial score (nSPS) is 10.4. The fourth-order valence-corrected chi connectivity index (χ4v) is 2.88. The number of non-ortho nitro benzene ring substituents is 1. The van der Waals surface area contributed by atoms with Crippen molar-refractivity contribution >= 4 is 27.5 Å². The largest absolute Gasteiger partial charge is 0.496 e. The number of amides is 1. The number of hydrogen-bond acceptors (Lipinski definition) is 5. The molecule has 0 saturated carbocycles. The van der Waals surface area contributed by atoms with Gasteiger partial charge in [0, 0.05) is 34.9 Å². The standard InChI is InChI=1S/C18H15BrN4O4/c1-27-17-7-2-13(19)10-12(17)11-20-18(24)16-8-9-22(21-16)14-3-5-15(6-4-14)23(25)26/h2-10H,11H2,1H3,(H,20,24). The first-order valence-electron chi connectivity index (χ1n) is 7.89. The number of nitrogens with one attached hydrogen (secondary N) is 1. The third-order valence-electron chi connectivity index (χ3n) is 3.83. The number of nitrogens with zero attached hydrogens (tertiary/aromatic N) is 3. The van der Waals surface area contributed by atoms with Crippen molar-refractivity contribution in [2.75, 3.05) is 7.11 Å². The van der Waals surface area contributed by atoms with Crippen molar-refractivity contribution in [3.05, 3.63) is 80.6 Å². The van der Waals surface area contributed by atoms with Crippen molar-refractivity contribution in [2.24, 2.45) is 0 Å². The second-order valence-electron chi connectivity index (χ2n) is 5.56. The summed E-state index contributed by atoms with van der Waals surface area (Å²) in [6.07, 6.45) is 1.62. The van der Waals surface area contributed by atoms with Crippen LogP contribution in [-0.4, -0.2) is 27.7 Å². The summed E-state index contributed by atoms with van der Waals surface area (Å²) in [4.78, 5) is 22.6. The summed E-state index contributed by atoms with van der Waals surface area (Å²) in [6, 6.07) is 13.0. The predicted octanol–water partition coefficient (Wildman–Crippen LogP) is 3.48. The Labute approximate surface area is 163 Å². The van der Waals surface area contributed by atoms with Crippen LogP contribution in [0.25, 0.3) is 5.69 Å². The Hall–Kier alpha value is -3.20. The third-order valence-corrected chi connectivity index (χ3v) is 4.32. The van der Waals surface area contributed by atoms with Crippen molar-refractivity contribution in [3.8, 4) is 11.4 Å². The zero-order valence-corrected chi connectivity index (χ0v) is 15.8. The molecule has 0 saturated heterocycles. The molecule has 0 spiro atoms. The molecule has 1 N–H and O–H groups in total. The van der Waals surface area contributed by atoms with E-state index in [1.54, 1.807) is 31.5 Å². The van der Waals surface area contributed by atoms with Gasteiger partial charge in [0.2, 0.25) is 0 Å². The molecule has 0 aliphatic rings. The van der Waals surface area contributed by atoms with Crippen LogP contribution in [0.3, 0.4) is 0 Å². The highest BCUT2D eigenvalue weighted by molar-refractivity contribution is 9.10. The molecular formula is C18H15BrN4O4. The number of nitro benzene ring substituents is 1. The van der Waals surface area contributed by atoms with Gasteiger partial charge in [-0.3, -0.25) is 14.9 Å². The molecule has 138 valence electrons. The van der Waals surface area contributed by atoms with Gasteiger partial charge in [-0.2, -0.15) is 5.10 Å². The van der Waals surface area contributed by atoms with E-state index >= 15 is 0 Å². The lowest BCUT2D eigenvalue weighted by molar-refractivity contribution is -0.384. The molecule has 0 fully saturated rings. The average Bonchev–Trinajstić information content (AvgIpc) is 3.16. The lowest BCUT2D eigenvalue weighted by Crippen LogP contribution is -2.23. The topological polar surface area (TPSA) is 99.3 Å². The number of carbonyl (C=O) groups excluding carboxylic acids is 1. The monoisotopic (exact) mass is 430 g/mol. The highest BCUT2D eigenvalue weighted by Gasteiger charge is 2.12. The van der Waals surface area contributed by atoms with Crippen molar-refractivity contribution < 1.29 is 14.5 Å². The minimum Gasteiger partial charge on any atom is -0.496 e. The maximum Gasteiger partial charge on any atom is 0.272 e. The third kappa shape index (κ3) is 4.32. The van der Waals surface area contributed by atoms with Crippen molar-refractivity contribution in [1.29, 1.82) is 0 Å². The van der Waals surface area contributed by atoms with E-state index in [4.69, 9.17) is 4.74 Å². The zero-order valence-electron chi connectivity index (χ0n) is 14.3. The van der Waals surface area contributed by atoms with Gasteiger partial charge in [-0.1, -0.05) is 15.9 Å². The van der Waals surface area contributed by atoms with Gasteiger partial charge in [0.1, 0.15) is 5.75 Å². The molecule has 0 radical (unpaired) electrons. The predicted molar refractivity (Wildman–Crippen MR) is 102 cm³/mol. The van der Waals surface area contributed by atoms with Gasteiger partial charge in [0.15, 0.2) is 5.69 Å². The second-order valence-corrected chi connectivity index (χ2v) is 6.47. The molecule has 0 aliphatic carbocycles. The summed E-state index contributed by atoms with van der Waals surface area (Å²) in [5.41, 5.74) is 1.68.